The largest absolute Gasteiger partial charge is 0.477 e. The van der Waals surface area contributed by atoms with Crippen LogP contribution >= 0.6 is 23.2 Å². The first-order chi connectivity index (χ1) is 12.9. The smallest absolute Gasteiger partial charge is 0.185 e. The molecule has 1 unspecified atom stereocenters. The van der Waals surface area contributed by atoms with Crippen molar-refractivity contribution in [1.29, 1.82) is 5.41 Å². The van der Waals surface area contributed by atoms with E-state index in [1.165, 1.54) is 5.56 Å². The Labute approximate surface area is 172 Å². The predicted molar refractivity (Wildman–Crippen MR) is 116 cm³/mol. The summed E-state index contributed by atoms with van der Waals surface area (Å²) in [6.45, 7) is 8.01. The number of hydrogen-bond acceptors (Lipinski definition) is 2. The molecular formula is C23H27Cl2NO. The Kier molecular flexibility index (Phi) is 8.40. The summed E-state index contributed by atoms with van der Waals surface area (Å²) in [7, 11) is 0. The summed E-state index contributed by atoms with van der Waals surface area (Å²) in [6.07, 6.45) is 3.73. The predicted octanol–water partition coefficient (Wildman–Crippen LogP) is 7.06. The molecule has 27 heavy (non-hydrogen) atoms. The summed E-state index contributed by atoms with van der Waals surface area (Å²) in [4.78, 5) is 0. The molecule has 2 aromatic carbocycles. The van der Waals surface area contributed by atoms with Gasteiger partial charge >= 0.3 is 0 Å². The maximum Gasteiger partial charge on any atom is 0.185 e. The maximum atomic E-state index is 8.27. The molecule has 0 fully saturated rings. The number of aryl methyl sites for hydroxylation is 1. The molecule has 144 valence electrons. The first-order valence-corrected chi connectivity index (χ1v) is 10.0. The van der Waals surface area contributed by atoms with Gasteiger partial charge < -0.3 is 4.74 Å². The van der Waals surface area contributed by atoms with E-state index < -0.39 is 0 Å². The van der Waals surface area contributed by atoms with Gasteiger partial charge in [-0.1, -0.05) is 66.0 Å². The fourth-order valence-corrected chi connectivity index (χ4v) is 3.66. The van der Waals surface area contributed by atoms with Crippen molar-refractivity contribution in [1.82, 2.24) is 0 Å². The van der Waals surface area contributed by atoms with Crippen LogP contribution in [0.25, 0.3) is 0 Å². The van der Waals surface area contributed by atoms with Crippen LogP contribution in [0.5, 0.6) is 0 Å². The van der Waals surface area contributed by atoms with Crippen molar-refractivity contribution >= 4 is 29.1 Å². The lowest BCUT2D eigenvalue weighted by Gasteiger charge is -2.19. The molecule has 4 heteroatoms. The number of hydrogen-bond donors (Lipinski definition) is 1. The van der Waals surface area contributed by atoms with Gasteiger partial charge in [0.05, 0.1) is 0 Å². The third-order valence-corrected chi connectivity index (χ3v) is 5.22. The van der Waals surface area contributed by atoms with Crippen molar-refractivity contribution < 1.29 is 4.74 Å². The molecule has 0 saturated carbocycles. The van der Waals surface area contributed by atoms with Crippen molar-refractivity contribution in [3.63, 3.8) is 0 Å². The highest BCUT2D eigenvalue weighted by atomic mass is 35.5. The molecule has 0 amide bonds. The minimum Gasteiger partial charge on any atom is -0.477 e. The van der Waals surface area contributed by atoms with Gasteiger partial charge in [-0.15, -0.1) is 6.58 Å². The highest BCUT2D eigenvalue weighted by Gasteiger charge is 2.13. The van der Waals surface area contributed by atoms with Crippen molar-refractivity contribution in [3.8, 4) is 0 Å². The molecule has 0 spiro atoms. The van der Waals surface area contributed by atoms with E-state index in [1.807, 2.05) is 37.3 Å². The molecule has 1 N–H and O–H groups in total. The van der Waals surface area contributed by atoms with Gasteiger partial charge in [-0.2, -0.15) is 0 Å². The molecule has 2 rings (SSSR count). The third kappa shape index (κ3) is 6.71. The standard InChI is InChI=1S/C23H27Cl2NO/c1-4-19(14-16(2)3)27-23(26)15-18-9-6-5-8-17(18)12-13-20-21(24)10-7-11-22(20)25/h5-11,19,26H,2,4,12-15H2,1,3H3. The molecule has 2 aromatic rings. The summed E-state index contributed by atoms with van der Waals surface area (Å²) < 4.78 is 5.85. The Bertz CT molecular complexity index is 780. The van der Waals surface area contributed by atoms with Crippen molar-refractivity contribution in [3.05, 3.63) is 81.4 Å². The fraction of sp³-hybridized carbons (Fsp3) is 0.348. The van der Waals surface area contributed by atoms with E-state index in [2.05, 4.69) is 25.6 Å². The fourth-order valence-electron chi connectivity index (χ4n) is 3.08. The highest BCUT2D eigenvalue weighted by Crippen LogP contribution is 2.26. The van der Waals surface area contributed by atoms with E-state index in [1.54, 1.807) is 0 Å². The number of halogens is 2. The van der Waals surface area contributed by atoms with Gasteiger partial charge in [0.2, 0.25) is 0 Å². The Morgan fingerprint density at radius 3 is 2.26 bits per heavy atom. The van der Waals surface area contributed by atoms with Crippen LogP contribution in [0.1, 0.15) is 43.4 Å². The van der Waals surface area contributed by atoms with Gasteiger partial charge in [-0.3, -0.25) is 5.41 Å². The lowest BCUT2D eigenvalue weighted by Crippen LogP contribution is -2.19. The molecule has 0 saturated heterocycles. The topological polar surface area (TPSA) is 33.1 Å². The zero-order valence-corrected chi connectivity index (χ0v) is 17.5. The molecule has 0 aliphatic heterocycles. The molecule has 0 aliphatic carbocycles. The molecular weight excluding hydrogens is 377 g/mol. The number of benzene rings is 2. The van der Waals surface area contributed by atoms with E-state index in [-0.39, 0.29) is 6.10 Å². The minimum atomic E-state index is 0.0177. The Balaban J connectivity index is 2.04. The number of ether oxygens (including phenoxy) is 1. The van der Waals surface area contributed by atoms with Crippen LogP contribution in [0.2, 0.25) is 10.0 Å². The molecule has 0 radical (unpaired) electrons. The molecule has 0 heterocycles. The van der Waals surface area contributed by atoms with Crippen molar-refractivity contribution in [2.45, 2.75) is 52.1 Å². The van der Waals surface area contributed by atoms with Crippen LogP contribution in [-0.4, -0.2) is 12.0 Å². The van der Waals surface area contributed by atoms with Crippen molar-refractivity contribution in [2.24, 2.45) is 0 Å². The van der Waals surface area contributed by atoms with E-state index in [0.29, 0.717) is 22.4 Å². The van der Waals surface area contributed by atoms with E-state index in [9.17, 15) is 0 Å². The lowest BCUT2D eigenvalue weighted by atomic mass is 9.98. The van der Waals surface area contributed by atoms with Gasteiger partial charge in [0.1, 0.15) is 6.10 Å². The molecule has 0 bridgehead atoms. The zero-order chi connectivity index (χ0) is 19.8. The number of nitrogens with one attached hydrogen (secondary N) is 1. The highest BCUT2D eigenvalue weighted by molar-refractivity contribution is 6.35. The van der Waals surface area contributed by atoms with Gasteiger partial charge in [0.25, 0.3) is 0 Å². The summed E-state index contributed by atoms with van der Waals surface area (Å²) in [5, 5.41) is 9.66. The van der Waals surface area contributed by atoms with E-state index in [0.717, 1.165) is 42.4 Å². The van der Waals surface area contributed by atoms with Gasteiger partial charge in [0.15, 0.2) is 5.90 Å². The molecule has 2 nitrogen and oxygen atoms in total. The van der Waals surface area contributed by atoms with Crippen LogP contribution in [0.15, 0.2) is 54.6 Å². The van der Waals surface area contributed by atoms with Gasteiger partial charge in [-0.05, 0) is 55.0 Å². The van der Waals surface area contributed by atoms with Crippen LogP contribution < -0.4 is 0 Å². The van der Waals surface area contributed by atoms with Crippen LogP contribution in [-0.2, 0) is 24.0 Å². The van der Waals surface area contributed by atoms with Crippen LogP contribution in [0.3, 0.4) is 0 Å². The first-order valence-electron chi connectivity index (χ1n) is 9.28. The molecule has 1 atom stereocenters. The second-order valence-electron chi connectivity index (χ2n) is 6.88. The Morgan fingerprint density at radius 1 is 1.04 bits per heavy atom. The quantitative estimate of drug-likeness (QED) is 0.271. The van der Waals surface area contributed by atoms with E-state index in [4.69, 9.17) is 33.3 Å². The summed E-state index contributed by atoms with van der Waals surface area (Å²) in [5.41, 5.74) is 4.34. The summed E-state index contributed by atoms with van der Waals surface area (Å²) in [5.74, 6) is 0.298. The average molecular weight is 404 g/mol. The normalized spacial score (nSPS) is 11.9. The minimum absolute atomic E-state index is 0.0177. The van der Waals surface area contributed by atoms with Gasteiger partial charge in [0, 0.05) is 22.9 Å². The average Bonchev–Trinajstić information content (AvgIpc) is 2.61. The second-order valence-corrected chi connectivity index (χ2v) is 7.69. The Morgan fingerprint density at radius 2 is 1.67 bits per heavy atom. The van der Waals surface area contributed by atoms with Crippen LogP contribution in [0, 0.1) is 5.41 Å². The zero-order valence-electron chi connectivity index (χ0n) is 16.0. The maximum absolute atomic E-state index is 8.27. The summed E-state index contributed by atoms with van der Waals surface area (Å²) in [6, 6.07) is 13.8. The number of rotatable bonds is 9. The lowest BCUT2D eigenvalue weighted by molar-refractivity contribution is 0.178. The summed E-state index contributed by atoms with van der Waals surface area (Å²) >= 11 is 12.6. The second kappa shape index (κ2) is 10.5. The first kappa shape index (κ1) is 21.5. The van der Waals surface area contributed by atoms with Crippen molar-refractivity contribution in [2.75, 3.05) is 0 Å². The monoisotopic (exact) mass is 403 g/mol. The molecule has 0 aliphatic rings. The Hall–Kier alpha value is -1.77. The third-order valence-electron chi connectivity index (χ3n) is 4.52. The molecule has 0 aromatic heterocycles. The SMILES string of the molecule is C=C(C)CC(CC)OC(=N)Cc1ccccc1CCc1c(Cl)cccc1Cl. The van der Waals surface area contributed by atoms with Crippen LogP contribution in [0.4, 0.5) is 0 Å². The van der Waals surface area contributed by atoms with Gasteiger partial charge in [-0.25, -0.2) is 0 Å². The van der Waals surface area contributed by atoms with E-state index >= 15 is 0 Å².